The predicted octanol–water partition coefficient (Wildman–Crippen LogP) is 1.73. The second-order valence-corrected chi connectivity index (χ2v) is 5.42. The van der Waals surface area contributed by atoms with Gasteiger partial charge in [-0.3, -0.25) is 4.79 Å². The Balaban J connectivity index is 1.76. The van der Waals surface area contributed by atoms with Gasteiger partial charge in [-0.25, -0.2) is 0 Å². The summed E-state index contributed by atoms with van der Waals surface area (Å²) in [6.07, 6.45) is 4.04. The number of rotatable bonds is 6. The van der Waals surface area contributed by atoms with E-state index in [9.17, 15) is 4.79 Å². The van der Waals surface area contributed by atoms with E-state index in [1.54, 1.807) is 7.11 Å². The maximum absolute atomic E-state index is 12.1. The van der Waals surface area contributed by atoms with E-state index in [1.165, 1.54) is 5.56 Å². The van der Waals surface area contributed by atoms with Gasteiger partial charge in [0.05, 0.1) is 7.11 Å². The normalized spacial score (nSPS) is 21.7. The quantitative estimate of drug-likeness (QED) is 0.831. The van der Waals surface area contributed by atoms with Crippen LogP contribution in [-0.2, 0) is 11.2 Å². The molecule has 110 valence electrons. The van der Waals surface area contributed by atoms with Crippen LogP contribution in [0.4, 0.5) is 0 Å². The molecule has 1 fully saturated rings. The van der Waals surface area contributed by atoms with Gasteiger partial charge >= 0.3 is 0 Å². The number of nitrogens with two attached hydrogens (primary N) is 1. The third-order valence-corrected chi connectivity index (χ3v) is 4.17. The summed E-state index contributed by atoms with van der Waals surface area (Å²) in [5, 5.41) is 3.04. The Kier molecular flexibility index (Phi) is 5.41. The molecule has 0 bridgehead atoms. The van der Waals surface area contributed by atoms with Crippen molar-refractivity contribution >= 4 is 5.91 Å². The summed E-state index contributed by atoms with van der Waals surface area (Å²) in [6.45, 7) is 1.30. The molecule has 2 rings (SSSR count). The number of ether oxygens (including phenoxy) is 1. The molecular formula is C16H24N2O2. The number of carbonyl (C=O) groups excluding carboxylic acids is 1. The molecule has 1 amide bonds. The number of carbonyl (C=O) groups is 1. The van der Waals surface area contributed by atoms with E-state index in [1.807, 2.05) is 24.3 Å². The molecule has 1 aliphatic rings. The molecule has 0 heterocycles. The Morgan fingerprint density at radius 1 is 1.35 bits per heavy atom. The van der Waals surface area contributed by atoms with Crippen molar-refractivity contribution in [2.75, 3.05) is 20.2 Å². The number of amides is 1. The largest absolute Gasteiger partial charge is 0.497 e. The van der Waals surface area contributed by atoms with Gasteiger partial charge in [0.15, 0.2) is 0 Å². The van der Waals surface area contributed by atoms with Crippen molar-refractivity contribution in [2.45, 2.75) is 25.7 Å². The van der Waals surface area contributed by atoms with E-state index < -0.39 is 0 Å². The maximum Gasteiger partial charge on any atom is 0.223 e. The number of benzene rings is 1. The van der Waals surface area contributed by atoms with Crippen molar-refractivity contribution in [3.63, 3.8) is 0 Å². The minimum atomic E-state index is 0.121. The smallest absolute Gasteiger partial charge is 0.223 e. The SMILES string of the molecule is COc1ccc(CCNC(=O)[C@@H]2CCC[C@@H]2CN)cc1. The van der Waals surface area contributed by atoms with Crippen molar-refractivity contribution < 1.29 is 9.53 Å². The first kappa shape index (κ1) is 14.9. The molecule has 0 radical (unpaired) electrons. The molecule has 0 spiro atoms. The lowest BCUT2D eigenvalue weighted by molar-refractivity contribution is -0.125. The molecule has 4 nitrogen and oxygen atoms in total. The van der Waals surface area contributed by atoms with E-state index in [0.29, 0.717) is 19.0 Å². The second kappa shape index (κ2) is 7.29. The molecule has 1 aliphatic carbocycles. The lowest BCUT2D eigenvalue weighted by Gasteiger charge is -2.17. The lowest BCUT2D eigenvalue weighted by atomic mass is 9.95. The lowest BCUT2D eigenvalue weighted by Crippen LogP contribution is -2.36. The summed E-state index contributed by atoms with van der Waals surface area (Å²) in [6, 6.07) is 7.95. The highest BCUT2D eigenvalue weighted by atomic mass is 16.5. The van der Waals surface area contributed by atoms with Gasteiger partial charge in [0.1, 0.15) is 5.75 Å². The fraction of sp³-hybridized carbons (Fsp3) is 0.562. The summed E-state index contributed by atoms with van der Waals surface area (Å²) in [4.78, 5) is 12.1. The zero-order valence-corrected chi connectivity index (χ0v) is 12.1. The van der Waals surface area contributed by atoms with Crippen LogP contribution >= 0.6 is 0 Å². The van der Waals surface area contributed by atoms with Crippen LogP contribution in [0.1, 0.15) is 24.8 Å². The zero-order valence-electron chi connectivity index (χ0n) is 12.1. The standard InChI is InChI=1S/C16H24N2O2/c1-20-14-7-5-12(6-8-14)9-10-18-16(19)15-4-2-3-13(15)11-17/h5-8,13,15H,2-4,9-11,17H2,1H3,(H,18,19)/t13-,15-/m1/s1. The van der Waals surface area contributed by atoms with Gasteiger partial charge in [0, 0.05) is 12.5 Å². The highest BCUT2D eigenvalue weighted by Crippen LogP contribution is 2.30. The molecule has 3 N–H and O–H groups in total. The first-order valence-corrected chi connectivity index (χ1v) is 7.35. The molecule has 0 unspecified atom stereocenters. The molecule has 1 aromatic rings. The van der Waals surface area contributed by atoms with Crippen molar-refractivity contribution in [2.24, 2.45) is 17.6 Å². The molecule has 0 aromatic heterocycles. The van der Waals surface area contributed by atoms with Crippen molar-refractivity contribution in [3.05, 3.63) is 29.8 Å². The van der Waals surface area contributed by atoms with Gasteiger partial charge in [-0.15, -0.1) is 0 Å². The van der Waals surface area contributed by atoms with Crippen LogP contribution in [0.3, 0.4) is 0 Å². The number of methoxy groups -OCH3 is 1. The molecule has 1 aromatic carbocycles. The van der Waals surface area contributed by atoms with Crippen molar-refractivity contribution in [3.8, 4) is 5.75 Å². The van der Waals surface area contributed by atoms with Gasteiger partial charge in [0.2, 0.25) is 5.91 Å². The Morgan fingerprint density at radius 3 is 2.75 bits per heavy atom. The summed E-state index contributed by atoms with van der Waals surface area (Å²) >= 11 is 0. The van der Waals surface area contributed by atoms with E-state index in [0.717, 1.165) is 31.4 Å². The van der Waals surface area contributed by atoms with Crippen LogP contribution in [-0.4, -0.2) is 26.1 Å². The van der Waals surface area contributed by atoms with E-state index in [4.69, 9.17) is 10.5 Å². The molecule has 1 saturated carbocycles. The van der Waals surface area contributed by atoms with Crippen LogP contribution in [0.25, 0.3) is 0 Å². The average Bonchev–Trinajstić information content (AvgIpc) is 2.96. The Morgan fingerprint density at radius 2 is 2.10 bits per heavy atom. The summed E-state index contributed by atoms with van der Waals surface area (Å²) in [5.74, 6) is 1.52. The zero-order chi connectivity index (χ0) is 14.4. The van der Waals surface area contributed by atoms with Crippen molar-refractivity contribution in [1.82, 2.24) is 5.32 Å². The number of hydrogen-bond donors (Lipinski definition) is 2. The van der Waals surface area contributed by atoms with Crippen LogP contribution in [0.5, 0.6) is 5.75 Å². The average molecular weight is 276 g/mol. The third-order valence-electron chi connectivity index (χ3n) is 4.17. The fourth-order valence-electron chi connectivity index (χ4n) is 2.92. The number of hydrogen-bond acceptors (Lipinski definition) is 3. The van der Waals surface area contributed by atoms with Gasteiger partial charge in [-0.2, -0.15) is 0 Å². The van der Waals surface area contributed by atoms with E-state index in [-0.39, 0.29) is 11.8 Å². The molecule has 0 saturated heterocycles. The number of nitrogens with one attached hydrogen (secondary N) is 1. The predicted molar refractivity (Wildman–Crippen MR) is 79.6 cm³/mol. The second-order valence-electron chi connectivity index (χ2n) is 5.42. The van der Waals surface area contributed by atoms with Crippen LogP contribution < -0.4 is 15.8 Å². The monoisotopic (exact) mass is 276 g/mol. The minimum absolute atomic E-state index is 0.121. The van der Waals surface area contributed by atoms with Gasteiger partial charge in [0.25, 0.3) is 0 Å². The topological polar surface area (TPSA) is 64.3 Å². The maximum atomic E-state index is 12.1. The summed E-state index contributed by atoms with van der Waals surface area (Å²) in [7, 11) is 1.66. The Bertz CT molecular complexity index is 431. The molecule has 0 aliphatic heterocycles. The van der Waals surface area contributed by atoms with Crippen LogP contribution in [0.15, 0.2) is 24.3 Å². The van der Waals surface area contributed by atoms with Crippen molar-refractivity contribution in [1.29, 1.82) is 0 Å². The summed E-state index contributed by atoms with van der Waals surface area (Å²) in [5.41, 5.74) is 6.92. The Hall–Kier alpha value is -1.55. The minimum Gasteiger partial charge on any atom is -0.497 e. The van der Waals surface area contributed by atoms with E-state index in [2.05, 4.69) is 5.32 Å². The molecule has 2 atom stereocenters. The van der Waals surface area contributed by atoms with Crippen LogP contribution in [0, 0.1) is 11.8 Å². The first-order valence-electron chi connectivity index (χ1n) is 7.35. The molecule has 4 heteroatoms. The fourth-order valence-corrected chi connectivity index (χ4v) is 2.92. The van der Waals surface area contributed by atoms with Gasteiger partial charge < -0.3 is 15.8 Å². The Labute approximate surface area is 120 Å². The third kappa shape index (κ3) is 3.73. The molecular weight excluding hydrogens is 252 g/mol. The molecule has 20 heavy (non-hydrogen) atoms. The summed E-state index contributed by atoms with van der Waals surface area (Å²) < 4.78 is 5.12. The van der Waals surface area contributed by atoms with Crippen LogP contribution in [0.2, 0.25) is 0 Å². The van der Waals surface area contributed by atoms with Gasteiger partial charge in [-0.1, -0.05) is 18.6 Å². The van der Waals surface area contributed by atoms with Gasteiger partial charge in [-0.05, 0) is 49.4 Å². The first-order chi connectivity index (χ1) is 9.74. The van der Waals surface area contributed by atoms with E-state index >= 15 is 0 Å². The highest BCUT2D eigenvalue weighted by molar-refractivity contribution is 5.79. The highest BCUT2D eigenvalue weighted by Gasteiger charge is 2.31.